The van der Waals surface area contributed by atoms with Crippen LogP contribution in [0.3, 0.4) is 0 Å². The third-order valence-electron chi connectivity index (χ3n) is 4.46. The Morgan fingerprint density at radius 1 is 1.16 bits per heavy atom. The second-order valence-corrected chi connectivity index (χ2v) is 6.54. The van der Waals surface area contributed by atoms with Gasteiger partial charge < -0.3 is 5.32 Å². The number of hydrogen-bond donors (Lipinski definition) is 1. The van der Waals surface area contributed by atoms with Gasteiger partial charge in [0, 0.05) is 51.4 Å². The van der Waals surface area contributed by atoms with Gasteiger partial charge in [0.05, 0.1) is 0 Å². The SMILES string of the molecule is C=C(CNC(C)C)CN1CCN(C2CCCC2)CC1. The lowest BCUT2D eigenvalue weighted by atomic mass is 10.1. The Bertz CT molecular complexity index is 274. The summed E-state index contributed by atoms with van der Waals surface area (Å²) < 4.78 is 0. The summed E-state index contributed by atoms with van der Waals surface area (Å²) >= 11 is 0. The Labute approximate surface area is 119 Å². The zero-order chi connectivity index (χ0) is 13.7. The van der Waals surface area contributed by atoms with Crippen LogP contribution >= 0.6 is 0 Å². The fourth-order valence-corrected chi connectivity index (χ4v) is 3.28. The number of hydrogen-bond acceptors (Lipinski definition) is 3. The monoisotopic (exact) mass is 265 g/mol. The lowest BCUT2D eigenvalue weighted by Gasteiger charge is -2.38. The lowest BCUT2D eigenvalue weighted by molar-refractivity contribution is 0.103. The van der Waals surface area contributed by atoms with Gasteiger partial charge >= 0.3 is 0 Å². The maximum Gasteiger partial charge on any atom is 0.0203 e. The minimum absolute atomic E-state index is 0.552. The summed E-state index contributed by atoms with van der Waals surface area (Å²) in [5.74, 6) is 0. The van der Waals surface area contributed by atoms with Crippen molar-refractivity contribution >= 4 is 0 Å². The van der Waals surface area contributed by atoms with E-state index in [2.05, 4.69) is 35.5 Å². The maximum atomic E-state index is 4.20. The van der Waals surface area contributed by atoms with Crippen molar-refractivity contribution in [1.82, 2.24) is 15.1 Å². The summed E-state index contributed by atoms with van der Waals surface area (Å²) in [6.07, 6.45) is 5.77. The standard InChI is InChI=1S/C16H31N3/c1-14(2)17-12-15(3)13-18-8-10-19(11-9-18)16-6-4-5-7-16/h14,16-17H,3-13H2,1-2H3. The Hall–Kier alpha value is -0.380. The van der Waals surface area contributed by atoms with E-state index in [0.29, 0.717) is 6.04 Å². The molecule has 0 bridgehead atoms. The molecule has 1 N–H and O–H groups in total. The maximum absolute atomic E-state index is 4.20. The smallest absolute Gasteiger partial charge is 0.0203 e. The second-order valence-electron chi connectivity index (χ2n) is 6.54. The summed E-state index contributed by atoms with van der Waals surface area (Å²) in [5, 5.41) is 3.45. The Morgan fingerprint density at radius 2 is 1.79 bits per heavy atom. The second kappa shape index (κ2) is 7.41. The highest BCUT2D eigenvalue weighted by Gasteiger charge is 2.25. The van der Waals surface area contributed by atoms with Gasteiger partial charge in [0.25, 0.3) is 0 Å². The average molecular weight is 265 g/mol. The molecule has 3 heteroatoms. The van der Waals surface area contributed by atoms with Crippen molar-refractivity contribution in [3.8, 4) is 0 Å². The van der Waals surface area contributed by atoms with Crippen molar-refractivity contribution in [2.45, 2.75) is 51.6 Å². The van der Waals surface area contributed by atoms with E-state index in [1.165, 1.54) is 57.4 Å². The van der Waals surface area contributed by atoms with Gasteiger partial charge in [-0.15, -0.1) is 0 Å². The van der Waals surface area contributed by atoms with Crippen molar-refractivity contribution < 1.29 is 0 Å². The number of nitrogens with one attached hydrogen (secondary N) is 1. The molecule has 0 atom stereocenters. The molecule has 2 rings (SSSR count). The number of piperazine rings is 1. The van der Waals surface area contributed by atoms with Gasteiger partial charge in [0.15, 0.2) is 0 Å². The topological polar surface area (TPSA) is 18.5 Å². The molecular formula is C16H31N3. The van der Waals surface area contributed by atoms with Crippen molar-refractivity contribution in [1.29, 1.82) is 0 Å². The van der Waals surface area contributed by atoms with Gasteiger partial charge in [0.1, 0.15) is 0 Å². The van der Waals surface area contributed by atoms with Crippen LogP contribution in [0.4, 0.5) is 0 Å². The number of nitrogens with zero attached hydrogens (tertiary/aromatic N) is 2. The van der Waals surface area contributed by atoms with Crippen LogP contribution in [0.15, 0.2) is 12.2 Å². The first-order valence-electron chi connectivity index (χ1n) is 8.01. The van der Waals surface area contributed by atoms with Crippen LogP contribution in [0, 0.1) is 0 Å². The Morgan fingerprint density at radius 3 is 2.37 bits per heavy atom. The van der Waals surface area contributed by atoms with Gasteiger partial charge in [-0.1, -0.05) is 33.3 Å². The van der Waals surface area contributed by atoms with Crippen LogP contribution < -0.4 is 5.32 Å². The fraction of sp³-hybridized carbons (Fsp3) is 0.875. The zero-order valence-electron chi connectivity index (χ0n) is 12.8. The van der Waals surface area contributed by atoms with E-state index < -0.39 is 0 Å². The predicted octanol–water partition coefficient (Wildman–Crippen LogP) is 2.10. The average Bonchev–Trinajstić information content (AvgIpc) is 2.91. The van der Waals surface area contributed by atoms with Crippen LogP contribution in [0.2, 0.25) is 0 Å². The van der Waals surface area contributed by atoms with E-state index in [0.717, 1.165) is 19.1 Å². The highest BCUT2D eigenvalue weighted by atomic mass is 15.3. The molecular weight excluding hydrogens is 234 g/mol. The van der Waals surface area contributed by atoms with E-state index in [1.54, 1.807) is 0 Å². The van der Waals surface area contributed by atoms with Crippen molar-refractivity contribution in [2.24, 2.45) is 0 Å². The Balaban J connectivity index is 1.64. The highest BCUT2D eigenvalue weighted by molar-refractivity contribution is 5.01. The van der Waals surface area contributed by atoms with Crippen molar-refractivity contribution in [3.05, 3.63) is 12.2 Å². The van der Waals surface area contributed by atoms with Crippen molar-refractivity contribution in [3.63, 3.8) is 0 Å². The normalized spacial score (nSPS) is 23.3. The van der Waals surface area contributed by atoms with Crippen LogP contribution in [-0.2, 0) is 0 Å². The third-order valence-corrected chi connectivity index (χ3v) is 4.46. The highest BCUT2D eigenvalue weighted by Crippen LogP contribution is 2.24. The van der Waals surface area contributed by atoms with Gasteiger partial charge in [-0.25, -0.2) is 0 Å². The summed E-state index contributed by atoms with van der Waals surface area (Å²) in [7, 11) is 0. The van der Waals surface area contributed by atoms with Gasteiger partial charge in [-0.3, -0.25) is 9.80 Å². The zero-order valence-corrected chi connectivity index (χ0v) is 12.8. The largest absolute Gasteiger partial charge is 0.311 e. The summed E-state index contributed by atoms with van der Waals surface area (Å²) in [5.41, 5.74) is 1.32. The number of rotatable bonds is 6. The molecule has 0 amide bonds. The van der Waals surface area contributed by atoms with Gasteiger partial charge in [-0.05, 0) is 18.4 Å². The van der Waals surface area contributed by atoms with Crippen molar-refractivity contribution in [2.75, 3.05) is 39.3 Å². The molecule has 1 saturated heterocycles. The van der Waals surface area contributed by atoms with Crippen LogP contribution in [0.1, 0.15) is 39.5 Å². The Kier molecular flexibility index (Phi) is 5.86. The molecule has 19 heavy (non-hydrogen) atoms. The molecule has 0 aromatic heterocycles. The predicted molar refractivity (Wildman–Crippen MR) is 82.5 cm³/mol. The molecule has 1 aliphatic carbocycles. The molecule has 1 heterocycles. The van der Waals surface area contributed by atoms with Gasteiger partial charge in [0.2, 0.25) is 0 Å². The first kappa shape index (κ1) is 15.0. The van der Waals surface area contributed by atoms with E-state index >= 15 is 0 Å². The van der Waals surface area contributed by atoms with Crippen LogP contribution in [0.5, 0.6) is 0 Å². The molecule has 0 unspecified atom stereocenters. The first-order valence-corrected chi connectivity index (χ1v) is 8.01. The lowest BCUT2D eigenvalue weighted by Crippen LogP contribution is -2.50. The minimum Gasteiger partial charge on any atom is -0.311 e. The molecule has 0 aromatic rings. The molecule has 2 fully saturated rings. The summed E-state index contributed by atoms with van der Waals surface area (Å²) in [6, 6.07) is 1.45. The van der Waals surface area contributed by atoms with Gasteiger partial charge in [-0.2, -0.15) is 0 Å². The van der Waals surface area contributed by atoms with E-state index in [9.17, 15) is 0 Å². The quantitative estimate of drug-likeness (QED) is 0.742. The summed E-state index contributed by atoms with van der Waals surface area (Å²) in [6.45, 7) is 15.6. The minimum atomic E-state index is 0.552. The molecule has 0 aromatic carbocycles. The first-order chi connectivity index (χ1) is 9.15. The molecule has 3 nitrogen and oxygen atoms in total. The van der Waals surface area contributed by atoms with Crippen LogP contribution in [-0.4, -0.2) is 61.2 Å². The fourth-order valence-electron chi connectivity index (χ4n) is 3.28. The van der Waals surface area contributed by atoms with Crippen LogP contribution in [0.25, 0.3) is 0 Å². The molecule has 110 valence electrons. The molecule has 1 saturated carbocycles. The molecule has 1 aliphatic heterocycles. The third kappa shape index (κ3) is 4.90. The molecule has 0 spiro atoms. The molecule has 2 aliphatic rings. The van der Waals surface area contributed by atoms with E-state index in [-0.39, 0.29) is 0 Å². The summed E-state index contributed by atoms with van der Waals surface area (Å²) in [4.78, 5) is 5.29. The van der Waals surface area contributed by atoms with E-state index in [4.69, 9.17) is 0 Å². The van der Waals surface area contributed by atoms with E-state index in [1.807, 2.05) is 0 Å². The molecule has 0 radical (unpaired) electrons.